The van der Waals surface area contributed by atoms with Crippen LogP contribution in [0, 0.1) is 0 Å². The van der Waals surface area contributed by atoms with E-state index in [0.717, 1.165) is 29.6 Å². The van der Waals surface area contributed by atoms with Crippen molar-refractivity contribution in [3.63, 3.8) is 0 Å². The molecule has 0 radical (unpaired) electrons. The van der Waals surface area contributed by atoms with Crippen LogP contribution in [-0.2, 0) is 6.42 Å². The highest BCUT2D eigenvalue weighted by Gasteiger charge is 2.19. The topological polar surface area (TPSA) is 42.4 Å². The van der Waals surface area contributed by atoms with Gasteiger partial charge in [-0.15, -0.1) is 0 Å². The number of rotatable bonds is 0. The molecule has 0 atom stereocenters. The van der Waals surface area contributed by atoms with Gasteiger partial charge in [0.2, 0.25) is 0 Å². The number of fused-ring (bicyclic) bond motifs is 3. The number of anilines is 2. The van der Waals surface area contributed by atoms with Gasteiger partial charge in [-0.25, -0.2) is 0 Å². The van der Waals surface area contributed by atoms with E-state index in [1.807, 2.05) is 6.07 Å². The highest BCUT2D eigenvalue weighted by Crippen LogP contribution is 2.37. The van der Waals surface area contributed by atoms with Crippen LogP contribution >= 0.6 is 0 Å². The third-order valence-corrected chi connectivity index (χ3v) is 3.14. The Morgan fingerprint density at radius 2 is 2.33 bits per heavy atom. The molecule has 2 aromatic rings. The number of hydrogen-bond donors (Lipinski definition) is 1. The third kappa shape index (κ3) is 1.12. The predicted molar refractivity (Wildman–Crippen MR) is 62.2 cm³/mol. The van der Waals surface area contributed by atoms with Gasteiger partial charge in [0.15, 0.2) is 5.58 Å². The minimum Gasteiger partial charge on any atom is -0.462 e. The summed E-state index contributed by atoms with van der Waals surface area (Å²) < 4.78 is 5.41. The van der Waals surface area contributed by atoms with Crippen LogP contribution in [-0.4, -0.2) is 13.6 Å². The minimum absolute atomic E-state index is 0.754. The molecule has 3 rings (SSSR count). The Bertz CT molecular complexity index is 516. The van der Waals surface area contributed by atoms with Gasteiger partial charge in [-0.2, -0.15) is 0 Å². The smallest absolute Gasteiger partial charge is 0.158 e. The number of aryl methyl sites for hydroxylation is 1. The van der Waals surface area contributed by atoms with Crippen molar-refractivity contribution in [2.24, 2.45) is 0 Å². The first kappa shape index (κ1) is 8.65. The quantitative estimate of drug-likeness (QED) is 0.667. The Morgan fingerprint density at radius 1 is 1.47 bits per heavy atom. The van der Waals surface area contributed by atoms with E-state index in [1.54, 1.807) is 6.26 Å². The summed E-state index contributed by atoms with van der Waals surface area (Å²) in [7, 11) is 2.13. The fourth-order valence-electron chi connectivity index (χ4n) is 2.47. The fraction of sp³-hybridized carbons (Fsp3) is 0.333. The molecule has 0 saturated heterocycles. The zero-order chi connectivity index (χ0) is 10.4. The van der Waals surface area contributed by atoms with Crippen LogP contribution in [0.5, 0.6) is 0 Å². The Morgan fingerprint density at radius 3 is 3.20 bits per heavy atom. The second kappa shape index (κ2) is 2.92. The summed E-state index contributed by atoms with van der Waals surface area (Å²) in [6.07, 6.45) is 4.03. The standard InChI is InChI=1S/C12H14N2O/c1-14-5-2-3-8-7-10(13)12-9(11(8)14)4-6-15-12/h4,6-7H,2-3,5,13H2,1H3. The summed E-state index contributed by atoms with van der Waals surface area (Å²) in [6.45, 7) is 1.11. The maximum atomic E-state index is 5.96. The molecule has 0 aliphatic carbocycles. The lowest BCUT2D eigenvalue weighted by atomic mass is 9.99. The number of benzene rings is 1. The summed E-state index contributed by atoms with van der Waals surface area (Å²) in [4.78, 5) is 2.29. The SMILES string of the molecule is CN1CCCc2cc(N)c3occc3c21. The van der Waals surface area contributed by atoms with Gasteiger partial charge in [0, 0.05) is 19.0 Å². The number of nitrogen functional groups attached to an aromatic ring is 1. The molecule has 0 unspecified atom stereocenters. The fourth-order valence-corrected chi connectivity index (χ4v) is 2.47. The minimum atomic E-state index is 0.754. The number of nitrogens with zero attached hydrogens (tertiary/aromatic N) is 1. The molecule has 0 saturated carbocycles. The van der Waals surface area contributed by atoms with Crippen molar-refractivity contribution in [2.75, 3.05) is 24.2 Å². The second-order valence-corrected chi connectivity index (χ2v) is 4.16. The van der Waals surface area contributed by atoms with E-state index in [1.165, 1.54) is 17.7 Å². The van der Waals surface area contributed by atoms with E-state index in [4.69, 9.17) is 10.2 Å². The summed E-state index contributed by atoms with van der Waals surface area (Å²) in [5, 5.41) is 1.15. The Hall–Kier alpha value is -1.64. The van der Waals surface area contributed by atoms with Gasteiger partial charge in [0.1, 0.15) is 0 Å². The van der Waals surface area contributed by atoms with Crippen molar-refractivity contribution in [1.82, 2.24) is 0 Å². The van der Waals surface area contributed by atoms with E-state index in [-0.39, 0.29) is 0 Å². The van der Waals surface area contributed by atoms with Gasteiger partial charge in [-0.05, 0) is 30.5 Å². The van der Waals surface area contributed by atoms with E-state index >= 15 is 0 Å². The Labute approximate surface area is 88.5 Å². The zero-order valence-electron chi connectivity index (χ0n) is 8.79. The van der Waals surface area contributed by atoms with Crippen LogP contribution < -0.4 is 10.6 Å². The van der Waals surface area contributed by atoms with Crippen LogP contribution in [0.15, 0.2) is 22.8 Å². The van der Waals surface area contributed by atoms with Gasteiger partial charge in [0.25, 0.3) is 0 Å². The molecule has 1 aromatic heterocycles. The monoisotopic (exact) mass is 202 g/mol. The Balaban J connectivity index is 2.39. The first-order chi connectivity index (χ1) is 7.27. The first-order valence-corrected chi connectivity index (χ1v) is 5.27. The largest absolute Gasteiger partial charge is 0.462 e. The zero-order valence-corrected chi connectivity index (χ0v) is 8.79. The van der Waals surface area contributed by atoms with E-state index in [0.29, 0.717) is 0 Å². The molecule has 2 heterocycles. The van der Waals surface area contributed by atoms with Crippen molar-refractivity contribution in [3.05, 3.63) is 24.0 Å². The van der Waals surface area contributed by atoms with Crippen molar-refractivity contribution in [3.8, 4) is 0 Å². The molecule has 2 N–H and O–H groups in total. The molecule has 1 aliphatic rings. The lowest BCUT2D eigenvalue weighted by Crippen LogP contribution is -2.24. The predicted octanol–water partition coefficient (Wildman–Crippen LogP) is 2.40. The van der Waals surface area contributed by atoms with Gasteiger partial charge >= 0.3 is 0 Å². The molecule has 0 spiro atoms. The van der Waals surface area contributed by atoms with Crippen LogP contribution in [0.25, 0.3) is 11.0 Å². The van der Waals surface area contributed by atoms with E-state index in [2.05, 4.69) is 18.0 Å². The number of nitrogens with two attached hydrogens (primary N) is 1. The lowest BCUT2D eigenvalue weighted by molar-refractivity contribution is 0.616. The molecule has 1 aliphatic heterocycles. The van der Waals surface area contributed by atoms with Gasteiger partial charge < -0.3 is 15.1 Å². The molecule has 0 bridgehead atoms. The molecule has 78 valence electrons. The van der Waals surface area contributed by atoms with Crippen molar-refractivity contribution >= 4 is 22.3 Å². The molecule has 3 nitrogen and oxygen atoms in total. The highest BCUT2D eigenvalue weighted by molar-refractivity contribution is 5.99. The van der Waals surface area contributed by atoms with Crippen molar-refractivity contribution in [1.29, 1.82) is 0 Å². The number of hydrogen-bond acceptors (Lipinski definition) is 3. The van der Waals surface area contributed by atoms with Crippen LogP contribution in [0.3, 0.4) is 0 Å². The molecule has 15 heavy (non-hydrogen) atoms. The van der Waals surface area contributed by atoms with Crippen LogP contribution in [0.1, 0.15) is 12.0 Å². The normalized spacial score (nSPS) is 15.7. The van der Waals surface area contributed by atoms with Gasteiger partial charge in [-0.3, -0.25) is 0 Å². The Kier molecular flexibility index (Phi) is 1.69. The molecule has 3 heteroatoms. The molecular weight excluding hydrogens is 188 g/mol. The molecule has 0 amide bonds. The summed E-state index contributed by atoms with van der Waals surface area (Å²) in [5.74, 6) is 0. The molecule has 0 fully saturated rings. The van der Waals surface area contributed by atoms with Crippen LogP contribution in [0.4, 0.5) is 11.4 Å². The average molecular weight is 202 g/mol. The summed E-state index contributed by atoms with van der Waals surface area (Å²) in [6, 6.07) is 4.06. The summed E-state index contributed by atoms with van der Waals surface area (Å²) >= 11 is 0. The lowest BCUT2D eigenvalue weighted by Gasteiger charge is -2.28. The van der Waals surface area contributed by atoms with E-state index < -0.39 is 0 Å². The molecule has 1 aromatic carbocycles. The molecular formula is C12H14N2O. The number of furan rings is 1. The second-order valence-electron chi connectivity index (χ2n) is 4.16. The maximum Gasteiger partial charge on any atom is 0.158 e. The van der Waals surface area contributed by atoms with Crippen molar-refractivity contribution in [2.45, 2.75) is 12.8 Å². The average Bonchev–Trinajstić information content (AvgIpc) is 2.66. The van der Waals surface area contributed by atoms with Gasteiger partial charge in [0.05, 0.1) is 17.6 Å². The van der Waals surface area contributed by atoms with Gasteiger partial charge in [-0.1, -0.05) is 0 Å². The first-order valence-electron chi connectivity index (χ1n) is 5.27. The summed E-state index contributed by atoms with van der Waals surface area (Å²) in [5.41, 5.74) is 10.2. The van der Waals surface area contributed by atoms with E-state index in [9.17, 15) is 0 Å². The maximum absolute atomic E-state index is 5.96. The third-order valence-electron chi connectivity index (χ3n) is 3.14. The highest BCUT2D eigenvalue weighted by atomic mass is 16.3. The van der Waals surface area contributed by atoms with Crippen molar-refractivity contribution < 1.29 is 4.42 Å². The van der Waals surface area contributed by atoms with Crippen LogP contribution in [0.2, 0.25) is 0 Å².